The molecule has 136 valence electrons. The number of sulfonamides is 1. The predicted molar refractivity (Wildman–Crippen MR) is 100 cm³/mol. The summed E-state index contributed by atoms with van der Waals surface area (Å²) < 4.78 is 40.6. The van der Waals surface area contributed by atoms with Crippen molar-refractivity contribution >= 4 is 33.0 Å². The van der Waals surface area contributed by atoms with Gasteiger partial charge in [0.2, 0.25) is 10.0 Å². The molecule has 1 N–H and O–H groups in total. The van der Waals surface area contributed by atoms with Gasteiger partial charge in [0.15, 0.2) is 5.82 Å². The van der Waals surface area contributed by atoms with Crippen molar-refractivity contribution < 1.29 is 12.8 Å². The topological polar surface area (TPSA) is 72.0 Å². The van der Waals surface area contributed by atoms with Crippen molar-refractivity contribution in [2.24, 2.45) is 0 Å². The largest absolute Gasteiger partial charge is 0.265 e. The average molecular weight is 412 g/mol. The van der Waals surface area contributed by atoms with Crippen LogP contribution >= 0.6 is 22.9 Å². The zero-order valence-corrected chi connectivity index (χ0v) is 15.9. The minimum atomic E-state index is -3.94. The quantitative estimate of drug-likeness (QED) is 0.598. The van der Waals surface area contributed by atoms with E-state index in [2.05, 4.69) is 14.7 Å². The lowest BCUT2D eigenvalue weighted by atomic mass is 10.2. The number of thiazole rings is 1. The van der Waals surface area contributed by atoms with E-state index in [-0.39, 0.29) is 11.6 Å². The molecule has 2 aromatic heterocycles. The van der Waals surface area contributed by atoms with Crippen LogP contribution in [-0.4, -0.2) is 24.9 Å². The van der Waals surface area contributed by atoms with Crippen molar-refractivity contribution in [2.75, 3.05) is 6.54 Å². The second-order valence-electron chi connectivity index (χ2n) is 5.42. The molecule has 0 amide bonds. The highest BCUT2D eigenvalue weighted by Crippen LogP contribution is 2.23. The van der Waals surface area contributed by atoms with Gasteiger partial charge < -0.3 is 0 Å². The maximum absolute atomic E-state index is 13.9. The standard InChI is InChI=1S/C17H15ClFN3O2S2/c18-13-3-1-4-15(17(13)19)26(23,24)21-8-2-5-16-22-14(11-25-16)12-6-9-20-10-7-12/h1,3-4,6-7,9-11,21H,2,5,8H2. The van der Waals surface area contributed by atoms with Gasteiger partial charge in [0.05, 0.1) is 15.7 Å². The summed E-state index contributed by atoms with van der Waals surface area (Å²) in [6.07, 6.45) is 4.58. The molecule has 26 heavy (non-hydrogen) atoms. The lowest BCUT2D eigenvalue weighted by Gasteiger charge is -2.07. The number of hydrogen-bond donors (Lipinski definition) is 1. The summed E-state index contributed by atoms with van der Waals surface area (Å²) in [5.74, 6) is -0.941. The van der Waals surface area contributed by atoms with Crippen molar-refractivity contribution in [3.05, 3.63) is 64.0 Å². The van der Waals surface area contributed by atoms with Crippen LogP contribution in [0.4, 0.5) is 4.39 Å². The van der Waals surface area contributed by atoms with Crippen molar-refractivity contribution in [2.45, 2.75) is 17.7 Å². The fourth-order valence-electron chi connectivity index (χ4n) is 2.30. The van der Waals surface area contributed by atoms with E-state index in [1.807, 2.05) is 17.5 Å². The highest BCUT2D eigenvalue weighted by molar-refractivity contribution is 7.89. The molecule has 0 unspecified atom stereocenters. The van der Waals surface area contributed by atoms with Gasteiger partial charge in [-0.3, -0.25) is 4.98 Å². The Morgan fingerprint density at radius 2 is 1.96 bits per heavy atom. The Morgan fingerprint density at radius 3 is 2.73 bits per heavy atom. The Hall–Kier alpha value is -1.87. The Kier molecular flexibility index (Phi) is 5.98. The maximum Gasteiger partial charge on any atom is 0.243 e. The van der Waals surface area contributed by atoms with Crippen LogP contribution in [0.2, 0.25) is 5.02 Å². The first-order chi connectivity index (χ1) is 12.5. The first kappa shape index (κ1) is 18.9. The Bertz CT molecular complexity index is 994. The van der Waals surface area contributed by atoms with E-state index >= 15 is 0 Å². The molecule has 0 bridgehead atoms. The molecule has 0 radical (unpaired) electrons. The van der Waals surface area contributed by atoms with Crippen LogP contribution in [0.25, 0.3) is 11.3 Å². The predicted octanol–water partition coefficient (Wildman–Crippen LogP) is 3.91. The first-order valence-corrected chi connectivity index (χ1v) is 10.5. The van der Waals surface area contributed by atoms with Gasteiger partial charge in [0.1, 0.15) is 4.90 Å². The van der Waals surface area contributed by atoms with Crippen molar-refractivity contribution in [3.8, 4) is 11.3 Å². The Balaban J connectivity index is 1.56. The van der Waals surface area contributed by atoms with Crippen LogP contribution in [-0.2, 0) is 16.4 Å². The molecule has 0 aliphatic heterocycles. The molecular weight excluding hydrogens is 397 g/mol. The average Bonchev–Trinajstić information content (AvgIpc) is 3.11. The van der Waals surface area contributed by atoms with Crippen molar-refractivity contribution in [1.82, 2.24) is 14.7 Å². The second kappa shape index (κ2) is 8.22. The van der Waals surface area contributed by atoms with Gasteiger partial charge in [0.25, 0.3) is 0 Å². The molecule has 3 rings (SSSR count). The summed E-state index contributed by atoms with van der Waals surface area (Å²) in [7, 11) is -3.94. The summed E-state index contributed by atoms with van der Waals surface area (Å²) in [4.78, 5) is 8.06. The van der Waals surface area contributed by atoms with Crippen LogP contribution < -0.4 is 4.72 Å². The number of nitrogens with zero attached hydrogens (tertiary/aromatic N) is 2. The zero-order valence-electron chi connectivity index (χ0n) is 13.5. The fourth-order valence-corrected chi connectivity index (χ4v) is 4.55. The summed E-state index contributed by atoms with van der Waals surface area (Å²) in [5, 5.41) is 2.64. The number of benzene rings is 1. The van der Waals surface area contributed by atoms with E-state index in [1.54, 1.807) is 12.4 Å². The smallest absolute Gasteiger partial charge is 0.243 e. The van der Waals surface area contributed by atoms with E-state index in [0.29, 0.717) is 12.8 Å². The molecule has 0 aliphatic carbocycles. The summed E-state index contributed by atoms with van der Waals surface area (Å²) in [6.45, 7) is 0.179. The van der Waals surface area contributed by atoms with Crippen molar-refractivity contribution in [3.63, 3.8) is 0 Å². The molecule has 0 fully saturated rings. The number of aromatic nitrogens is 2. The molecule has 2 heterocycles. The normalized spacial score (nSPS) is 11.6. The molecule has 0 saturated carbocycles. The number of pyridine rings is 1. The van der Waals surface area contributed by atoms with Gasteiger partial charge in [0, 0.05) is 36.3 Å². The molecular formula is C17H15ClFN3O2S2. The van der Waals surface area contributed by atoms with Gasteiger partial charge in [-0.25, -0.2) is 22.5 Å². The number of rotatable bonds is 7. The third-order valence-corrected chi connectivity index (χ3v) is 6.27. The summed E-state index contributed by atoms with van der Waals surface area (Å²) in [5.41, 5.74) is 1.86. The maximum atomic E-state index is 13.9. The van der Waals surface area contributed by atoms with Crippen LogP contribution in [0.15, 0.2) is 53.0 Å². The monoisotopic (exact) mass is 411 g/mol. The Morgan fingerprint density at radius 1 is 1.19 bits per heavy atom. The van der Waals surface area contributed by atoms with Gasteiger partial charge in [-0.05, 0) is 30.7 Å². The van der Waals surface area contributed by atoms with E-state index in [4.69, 9.17) is 11.6 Å². The molecule has 5 nitrogen and oxygen atoms in total. The van der Waals surface area contributed by atoms with Crippen LogP contribution in [0.5, 0.6) is 0 Å². The van der Waals surface area contributed by atoms with Crippen LogP contribution in [0.1, 0.15) is 11.4 Å². The molecule has 0 spiro atoms. The van der Waals surface area contributed by atoms with Gasteiger partial charge in [-0.15, -0.1) is 11.3 Å². The molecule has 3 aromatic rings. The van der Waals surface area contributed by atoms with Gasteiger partial charge in [-0.1, -0.05) is 17.7 Å². The number of aryl methyl sites for hydroxylation is 1. The van der Waals surface area contributed by atoms with E-state index in [0.717, 1.165) is 16.3 Å². The fraction of sp³-hybridized carbons (Fsp3) is 0.176. The van der Waals surface area contributed by atoms with E-state index in [1.165, 1.54) is 29.5 Å². The van der Waals surface area contributed by atoms with Gasteiger partial charge >= 0.3 is 0 Å². The zero-order chi connectivity index (χ0) is 18.6. The minimum absolute atomic E-state index is 0.179. The van der Waals surface area contributed by atoms with Gasteiger partial charge in [-0.2, -0.15) is 0 Å². The summed E-state index contributed by atoms with van der Waals surface area (Å²) >= 11 is 7.15. The lowest BCUT2D eigenvalue weighted by Crippen LogP contribution is -2.26. The third-order valence-electron chi connectivity index (χ3n) is 3.59. The highest BCUT2D eigenvalue weighted by atomic mass is 35.5. The van der Waals surface area contributed by atoms with E-state index < -0.39 is 20.7 Å². The second-order valence-corrected chi connectivity index (χ2v) is 8.50. The minimum Gasteiger partial charge on any atom is -0.265 e. The molecule has 9 heteroatoms. The molecule has 0 aliphatic rings. The third kappa shape index (κ3) is 4.45. The number of nitrogens with one attached hydrogen (secondary N) is 1. The number of hydrogen-bond acceptors (Lipinski definition) is 5. The number of halogens is 2. The first-order valence-electron chi connectivity index (χ1n) is 7.76. The SMILES string of the molecule is O=S(=O)(NCCCc1nc(-c2ccncc2)cs1)c1cccc(Cl)c1F. The molecule has 1 aromatic carbocycles. The summed E-state index contributed by atoms with van der Waals surface area (Å²) in [6, 6.07) is 7.65. The Labute approximate surface area is 159 Å². The lowest BCUT2D eigenvalue weighted by molar-refractivity contribution is 0.555. The van der Waals surface area contributed by atoms with Crippen molar-refractivity contribution in [1.29, 1.82) is 0 Å². The molecule has 0 saturated heterocycles. The van der Waals surface area contributed by atoms with Crippen LogP contribution in [0.3, 0.4) is 0 Å². The van der Waals surface area contributed by atoms with E-state index in [9.17, 15) is 12.8 Å². The van der Waals surface area contributed by atoms with Crippen LogP contribution in [0, 0.1) is 5.82 Å². The highest BCUT2D eigenvalue weighted by Gasteiger charge is 2.20. The molecule has 0 atom stereocenters.